The lowest BCUT2D eigenvalue weighted by molar-refractivity contribution is 0.0454. The van der Waals surface area contributed by atoms with Gasteiger partial charge in [0.15, 0.2) is 0 Å². The highest BCUT2D eigenvalue weighted by atomic mass is 16.5. The number of methoxy groups -OCH3 is 1. The molecule has 2 aliphatic rings. The first kappa shape index (κ1) is 14.5. The molecule has 6 heteroatoms. The molecule has 3 heterocycles. The maximum absolute atomic E-state index is 10.1. The van der Waals surface area contributed by atoms with Crippen molar-refractivity contribution in [1.29, 1.82) is 0 Å². The number of imidazole rings is 1. The molecule has 2 atom stereocenters. The van der Waals surface area contributed by atoms with Gasteiger partial charge in [-0.3, -0.25) is 4.90 Å². The number of likely N-dealkylation sites (tertiary alicyclic amines) is 1. The Hall–Kier alpha value is -2.05. The van der Waals surface area contributed by atoms with Gasteiger partial charge in [0.05, 0.1) is 26.9 Å². The molecule has 1 fully saturated rings. The average molecular weight is 315 g/mol. The molecule has 0 saturated carbocycles. The molecular formula is C17H21N3O3. The minimum absolute atomic E-state index is 0.123. The summed E-state index contributed by atoms with van der Waals surface area (Å²) in [5.41, 5.74) is 0.918. The number of benzene rings is 1. The largest absolute Gasteiger partial charge is 0.497 e. The van der Waals surface area contributed by atoms with Gasteiger partial charge < -0.3 is 19.6 Å². The summed E-state index contributed by atoms with van der Waals surface area (Å²) >= 11 is 0. The molecule has 0 radical (unpaired) electrons. The van der Waals surface area contributed by atoms with Crippen LogP contribution in [0, 0.1) is 5.41 Å². The molecule has 1 aromatic heterocycles. The van der Waals surface area contributed by atoms with Crippen molar-refractivity contribution in [2.24, 2.45) is 5.41 Å². The number of nitrogens with zero attached hydrogens (tertiary/aromatic N) is 2. The predicted molar refractivity (Wildman–Crippen MR) is 84.6 cm³/mol. The number of nitrogens with one attached hydrogen (secondary N) is 1. The number of fused-ring (bicyclic) bond motifs is 3. The Morgan fingerprint density at radius 1 is 1.52 bits per heavy atom. The molecule has 0 amide bonds. The molecule has 1 saturated heterocycles. The lowest BCUT2D eigenvalue weighted by Gasteiger charge is -2.38. The molecule has 0 spiro atoms. The van der Waals surface area contributed by atoms with Crippen LogP contribution in [0.1, 0.15) is 17.3 Å². The monoisotopic (exact) mass is 315 g/mol. The van der Waals surface area contributed by atoms with Crippen molar-refractivity contribution in [2.45, 2.75) is 12.5 Å². The van der Waals surface area contributed by atoms with Crippen molar-refractivity contribution in [1.82, 2.24) is 14.9 Å². The van der Waals surface area contributed by atoms with Crippen LogP contribution < -0.4 is 9.47 Å². The zero-order valence-electron chi connectivity index (χ0n) is 13.2. The van der Waals surface area contributed by atoms with E-state index in [9.17, 15) is 5.11 Å². The van der Waals surface area contributed by atoms with E-state index >= 15 is 0 Å². The highest BCUT2D eigenvalue weighted by molar-refractivity contribution is 5.46. The van der Waals surface area contributed by atoms with Crippen LogP contribution in [0.25, 0.3) is 0 Å². The molecule has 0 unspecified atom stereocenters. The van der Waals surface area contributed by atoms with E-state index in [0.29, 0.717) is 6.61 Å². The van der Waals surface area contributed by atoms with Crippen LogP contribution in [-0.2, 0) is 6.54 Å². The Balaban J connectivity index is 1.63. The van der Waals surface area contributed by atoms with Gasteiger partial charge in [-0.1, -0.05) is 6.07 Å². The fourth-order valence-electron chi connectivity index (χ4n) is 3.84. The Labute approximate surface area is 135 Å². The molecule has 122 valence electrons. The van der Waals surface area contributed by atoms with Gasteiger partial charge in [-0.2, -0.15) is 0 Å². The normalized spacial score (nSPS) is 26.4. The molecule has 0 aliphatic carbocycles. The third-order valence-electron chi connectivity index (χ3n) is 5.07. The predicted octanol–water partition coefficient (Wildman–Crippen LogP) is 1.39. The van der Waals surface area contributed by atoms with Gasteiger partial charge in [-0.15, -0.1) is 0 Å². The van der Waals surface area contributed by atoms with E-state index in [0.717, 1.165) is 42.5 Å². The van der Waals surface area contributed by atoms with E-state index in [1.165, 1.54) is 0 Å². The van der Waals surface area contributed by atoms with Gasteiger partial charge in [0.2, 0.25) is 0 Å². The number of aromatic amines is 1. The van der Waals surface area contributed by atoms with Crippen LogP contribution >= 0.6 is 0 Å². The highest BCUT2D eigenvalue weighted by Gasteiger charge is 2.50. The molecule has 2 N–H and O–H groups in total. The number of ether oxygens (including phenoxy) is 2. The van der Waals surface area contributed by atoms with Crippen molar-refractivity contribution < 1.29 is 14.6 Å². The topological polar surface area (TPSA) is 70.6 Å². The van der Waals surface area contributed by atoms with Crippen LogP contribution in [0.3, 0.4) is 0 Å². The molecule has 2 aliphatic heterocycles. The maximum atomic E-state index is 10.1. The van der Waals surface area contributed by atoms with Gasteiger partial charge in [-0.05, 0) is 11.6 Å². The quantitative estimate of drug-likeness (QED) is 0.892. The third kappa shape index (κ3) is 2.38. The van der Waals surface area contributed by atoms with Crippen molar-refractivity contribution in [3.8, 4) is 11.5 Å². The van der Waals surface area contributed by atoms with Crippen LogP contribution in [0.5, 0.6) is 11.5 Å². The van der Waals surface area contributed by atoms with Crippen molar-refractivity contribution in [3.63, 3.8) is 0 Å². The van der Waals surface area contributed by atoms with E-state index in [2.05, 4.69) is 20.9 Å². The van der Waals surface area contributed by atoms with Gasteiger partial charge in [0.1, 0.15) is 17.3 Å². The molecule has 0 bridgehead atoms. The summed E-state index contributed by atoms with van der Waals surface area (Å²) in [5, 5.41) is 10.1. The first-order chi connectivity index (χ1) is 11.2. The Bertz CT molecular complexity index is 688. The molecule has 6 nitrogen and oxygen atoms in total. The number of H-pyrrole nitrogens is 1. The lowest BCUT2D eigenvalue weighted by atomic mass is 9.74. The summed E-state index contributed by atoms with van der Waals surface area (Å²) in [5.74, 6) is 2.88. The molecule has 1 aromatic carbocycles. The zero-order valence-corrected chi connectivity index (χ0v) is 13.2. The van der Waals surface area contributed by atoms with Crippen molar-refractivity contribution >= 4 is 0 Å². The minimum atomic E-state index is -0.242. The summed E-state index contributed by atoms with van der Waals surface area (Å²) < 4.78 is 11.2. The number of aromatic nitrogens is 2. The maximum Gasteiger partial charge on any atom is 0.126 e. The fourth-order valence-corrected chi connectivity index (χ4v) is 3.84. The van der Waals surface area contributed by atoms with E-state index in [-0.39, 0.29) is 17.9 Å². The summed E-state index contributed by atoms with van der Waals surface area (Å²) in [7, 11) is 1.66. The van der Waals surface area contributed by atoms with E-state index in [1.54, 1.807) is 13.3 Å². The number of hydrogen-bond donors (Lipinski definition) is 2. The third-order valence-corrected chi connectivity index (χ3v) is 5.07. The van der Waals surface area contributed by atoms with Crippen LogP contribution in [0.2, 0.25) is 0 Å². The first-order valence-electron chi connectivity index (χ1n) is 7.86. The molecule has 2 aromatic rings. The number of aliphatic hydroxyl groups is 1. The smallest absolute Gasteiger partial charge is 0.126 e. The second kappa shape index (κ2) is 5.54. The van der Waals surface area contributed by atoms with Crippen molar-refractivity contribution in [3.05, 3.63) is 42.0 Å². The second-order valence-electron chi connectivity index (χ2n) is 6.47. The van der Waals surface area contributed by atoms with Gasteiger partial charge in [0, 0.05) is 42.9 Å². The van der Waals surface area contributed by atoms with E-state index in [4.69, 9.17) is 9.47 Å². The first-order valence-corrected chi connectivity index (χ1v) is 7.86. The summed E-state index contributed by atoms with van der Waals surface area (Å²) in [4.78, 5) is 9.79. The zero-order chi connectivity index (χ0) is 15.9. The standard InChI is InChI=1S/C17H21N3O3/c1-22-12-2-3-13-14-7-20(8-16-18-4-5-19-16)9-17(14,10-21)11-23-15(13)6-12/h2-6,14,21H,7-11H2,1H3,(H,18,19)/t14-,17-/m1/s1. The second-order valence-corrected chi connectivity index (χ2v) is 6.47. The van der Waals surface area contributed by atoms with Crippen LogP contribution in [0.4, 0.5) is 0 Å². The van der Waals surface area contributed by atoms with Gasteiger partial charge in [0.25, 0.3) is 0 Å². The number of rotatable bonds is 4. The fraction of sp³-hybridized carbons (Fsp3) is 0.471. The highest BCUT2D eigenvalue weighted by Crippen LogP contribution is 2.50. The SMILES string of the molecule is COc1ccc2c(c1)OC[C@]1(CO)CN(Cc3ncc[nH]3)C[C@H]21. The Morgan fingerprint density at radius 2 is 2.43 bits per heavy atom. The average Bonchev–Trinajstić information content (AvgIpc) is 3.22. The summed E-state index contributed by atoms with van der Waals surface area (Å²) in [6.45, 7) is 3.11. The lowest BCUT2D eigenvalue weighted by Crippen LogP contribution is -2.42. The minimum Gasteiger partial charge on any atom is -0.497 e. The number of hydrogen-bond acceptors (Lipinski definition) is 5. The Morgan fingerprint density at radius 3 is 3.17 bits per heavy atom. The Kier molecular flexibility index (Phi) is 3.50. The van der Waals surface area contributed by atoms with E-state index < -0.39 is 0 Å². The molecule has 23 heavy (non-hydrogen) atoms. The van der Waals surface area contributed by atoms with Crippen LogP contribution in [-0.4, -0.2) is 53.4 Å². The van der Waals surface area contributed by atoms with Gasteiger partial charge in [-0.25, -0.2) is 4.98 Å². The van der Waals surface area contributed by atoms with Crippen molar-refractivity contribution in [2.75, 3.05) is 33.4 Å². The summed E-state index contributed by atoms with van der Waals surface area (Å²) in [6.07, 6.45) is 3.61. The number of aliphatic hydroxyl groups excluding tert-OH is 1. The molecular weight excluding hydrogens is 294 g/mol. The van der Waals surface area contributed by atoms with Gasteiger partial charge >= 0.3 is 0 Å². The molecule has 4 rings (SSSR count). The summed E-state index contributed by atoms with van der Waals surface area (Å²) in [6, 6.07) is 5.97. The van der Waals surface area contributed by atoms with Crippen LogP contribution in [0.15, 0.2) is 30.6 Å². The van der Waals surface area contributed by atoms with E-state index in [1.807, 2.05) is 18.3 Å².